The molecule has 238 valence electrons. The molecule has 0 saturated carbocycles. The van der Waals surface area contributed by atoms with Gasteiger partial charge in [0.15, 0.2) is 17.5 Å². The SMILES string of the molecule is c1ccc(-c2ccc(-c3cnc(-c4nc(-c5ccccc5)nc(-c5ccc6ccccc6c5)n4)c4c3oc3cc5ccccc5cc34)cc2)cc1. The van der Waals surface area contributed by atoms with Gasteiger partial charge in [-0.3, -0.25) is 4.98 Å². The van der Waals surface area contributed by atoms with Crippen molar-refractivity contribution in [1.29, 1.82) is 0 Å². The van der Waals surface area contributed by atoms with E-state index in [0.717, 1.165) is 71.3 Å². The molecule has 7 aromatic carbocycles. The van der Waals surface area contributed by atoms with E-state index in [9.17, 15) is 0 Å². The van der Waals surface area contributed by atoms with E-state index >= 15 is 0 Å². The maximum Gasteiger partial charge on any atom is 0.183 e. The Hall–Kier alpha value is -6.98. The van der Waals surface area contributed by atoms with E-state index in [1.807, 2.05) is 60.8 Å². The van der Waals surface area contributed by atoms with Crippen molar-refractivity contribution in [2.75, 3.05) is 0 Å². The van der Waals surface area contributed by atoms with Gasteiger partial charge >= 0.3 is 0 Å². The first kappa shape index (κ1) is 29.0. The summed E-state index contributed by atoms with van der Waals surface area (Å²) in [5, 5.41) is 6.34. The van der Waals surface area contributed by atoms with Crippen LogP contribution in [0.1, 0.15) is 0 Å². The Bertz CT molecular complexity index is 2900. The minimum absolute atomic E-state index is 0.485. The molecule has 0 amide bonds. The van der Waals surface area contributed by atoms with Gasteiger partial charge in [-0.1, -0.05) is 146 Å². The summed E-state index contributed by atoms with van der Waals surface area (Å²) in [7, 11) is 0. The summed E-state index contributed by atoms with van der Waals surface area (Å²) in [6.45, 7) is 0. The molecule has 0 aliphatic carbocycles. The zero-order valence-corrected chi connectivity index (χ0v) is 27.4. The molecule has 5 heteroatoms. The van der Waals surface area contributed by atoms with Gasteiger partial charge in [-0.05, 0) is 56.4 Å². The molecule has 10 aromatic rings. The van der Waals surface area contributed by atoms with Crippen LogP contribution in [0, 0.1) is 0 Å². The molecule has 0 spiro atoms. The van der Waals surface area contributed by atoms with Crippen LogP contribution in [0.3, 0.4) is 0 Å². The Labute approximate surface area is 293 Å². The summed E-state index contributed by atoms with van der Waals surface area (Å²) in [4.78, 5) is 20.4. The molecule has 51 heavy (non-hydrogen) atoms. The van der Waals surface area contributed by atoms with Crippen LogP contribution in [0.25, 0.3) is 100 Å². The summed E-state index contributed by atoms with van der Waals surface area (Å²) in [6, 6.07) is 56.3. The van der Waals surface area contributed by atoms with E-state index in [-0.39, 0.29) is 0 Å². The Morgan fingerprint density at radius 3 is 1.65 bits per heavy atom. The Kier molecular flexibility index (Phi) is 6.74. The van der Waals surface area contributed by atoms with Gasteiger partial charge in [0.2, 0.25) is 0 Å². The first-order chi connectivity index (χ1) is 25.2. The highest BCUT2D eigenvalue weighted by Gasteiger charge is 2.22. The largest absolute Gasteiger partial charge is 0.455 e. The van der Waals surface area contributed by atoms with E-state index in [1.54, 1.807) is 0 Å². The molecule has 3 aromatic heterocycles. The fraction of sp³-hybridized carbons (Fsp3) is 0. The molecule has 0 atom stereocenters. The summed E-state index contributed by atoms with van der Waals surface area (Å²) in [6.07, 6.45) is 1.89. The highest BCUT2D eigenvalue weighted by molar-refractivity contribution is 6.17. The molecular weight excluding hydrogens is 625 g/mol. The zero-order chi connectivity index (χ0) is 33.7. The van der Waals surface area contributed by atoms with Crippen LogP contribution < -0.4 is 0 Å². The molecule has 0 aliphatic heterocycles. The van der Waals surface area contributed by atoms with Crippen molar-refractivity contribution in [2.24, 2.45) is 0 Å². The van der Waals surface area contributed by atoms with E-state index in [0.29, 0.717) is 23.2 Å². The first-order valence-electron chi connectivity index (χ1n) is 17.0. The van der Waals surface area contributed by atoms with Crippen LogP contribution in [0.5, 0.6) is 0 Å². The van der Waals surface area contributed by atoms with Crippen LogP contribution in [-0.4, -0.2) is 19.9 Å². The van der Waals surface area contributed by atoms with Crippen LogP contribution in [-0.2, 0) is 0 Å². The second kappa shape index (κ2) is 11.9. The maximum atomic E-state index is 6.79. The first-order valence-corrected chi connectivity index (χ1v) is 17.0. The minimum atomic E-state index is 0.485. The Morgan fingerprint density at radius 2 is 0.922 bits per heavy atom. The number of hydrogen-bond acceptors (Lipinski definition) is 5. The quantitative estimate of drug-likeness (QED) is 0.185. The van der Waals surface area contributed by atoms with Gasteiger partial charge in [0.25, 0.3) is 0 Å². The third-order valence-electron chi connectivity index (χ3n) is 9.55. The predicted molar refractivity (Wildman–Crippen MR) is 207 cm³/mol. The van der Waals surface area contributed by atoms with Crippen LogP contribution >= 0.6 is 0 Å². The normalized spacial score (nSPS) is 11.5. The van der Waals surface area contributed by atoms with Gasteiger partial charge in [-0.2, -0.15) is 0 Å². The van der Waals surface area contributed by atoms with Gasteiger partial charge in [-0.15, -0.1) is 0 Å². The average molecular weight is 653 g/mol. The minimum Gasteiger partial charge on any atom is -0.455 e. The molecular formula is C46H28N4O. The molecule has 0 fully saturated rings. The number of rotatable bonds is 5. The lowest BCUT2D eigenvalue weighted by Crippen LogP contribution is -2.02. The van der Waals surface area contributed by atoms with Crippen LogP contribution in [0.4, 0.5) is 0 Å². The number of pyridine rings is 1. The fourth-order valence-electron chi connectivity index (χ4n) is 6.96. The molecule has 0 radical (unpaired) electrons. The standard InChI is InChI=1S/C46H28N4O/c1-3-11-29(12-4-1)31-19-22-32(23-20-31)39-28-47-42(41-38-26-35-17-9-10-18-36(35)27-40(38)51-43(39)41)46-49-44(33-14-5-2-6-15-33)48-45(50-46)37-24-21-30-13-7-8-16-34(30)25-37/h1-28H. The average Bonchev–Trinajstić information content (AvgIpc) is 3.58. The molecule has 10 rings (SSSR count). The smallest absolute Gasteiger partial charge is 0.183 e. The summed E-state index contributed by atoms with van der Waals surface area (Å²) in [5.74, 6) is 1.65. The fourth-order valence-corrected chi connectivity index (χ4v) is 6.96. The van der Waals surface area contributed by atoms with Gasteiger partial charge in [0, 0.05) is 28.3 Å². The van der Waals surface area contributed by atoms with Gasteiger partial charge in [0.05, 0.1) is 5.39 Å². The van der Waals surface area contributed by atoms with Gasteiger partial charge in [0.1, 0.15) is 16.9 Å². The second-order valence-electron chi connectivity index (χ2n) is 12.7. The van der Waals surface area contributed by atoms with E-state index < -0.39 is 0 Å². The molecule has 0 bridgehead atoms. The topological polar surface area (TPSA) is 64.7 Å². The number of hydrogen-bond donors (Lipinski definition) is 0. The molecule has 0 unspecified atom stereocenters. The van der Waals surface area contributed by atoms with Gasteiger partial charge < -0.3 is 4.42 Å². The van der Waals surface area contributed by atoms with E-state index in [2.05, 4.69) is 109 Å². The van der Waals surface area contributed by atoms with E-state index in [1.165, 1.54) is 5.56 Å². The third-order valence-corrected chi connectivity index (χ3v) is 9.55. The Balaban J connectivity index is 1.22. The maximum absolute atomic E-state index is 6.79. The molecule has 0 N–H and O–H groups in total. The second-order valence-corrected chi connectivity index (χ2v) is 12.7. The third kappa shape index (κ3) is 5.11. The van der Waals surface area contributed by atoms with Crippen LogP contribution in [0.2, 0.25) is 0 Å². The summed E-state index contributed by atoms with van der Waals surface area (Å²) in [5.41, 5.74) is 8.21. The number of fused-ring (bicyclic) bond motifs is 5. The lowest BCUT2D eigenvalue weighted by Gasteiger charge is -2.11. The van der Waals surface area contributed by atoms with Crippen molar-refractivity contribution in [2.45, 2.75) is 0 Å². The molecule has 0 aliphatic rings. The summed E-state index contributed by atoms with van der Waals surface area (Å²) >= 11 is 0. The predicted octanol–water partition coefficient (Wildman–Crippen LogP) is 11.8. The van der Waals surface area contributed by atoms with Gasteiger partial charge in [-0.25, -0.2) is 15.0 Å². The number of furan rings is 1. The summed E-state index contributed by atoms with van der Waals surface area (Å²) < 4.78 is 6.79. The zero-order valence-electron chi connectivity index (χ0n) is 27.4. The highest BCUT2D eigenvalue weighted by Crippen LogP contribution is 2.42. The highest BCUT2D eigenvalue weighted by atomic mass is 16.3. The van der Waals surface area contributed by atoms with E-state index in [4.69, 9.17) is 24.4 Å². The molecule has 3 heterocycles. The van der Waals surface area contributed by atoms with Crippen molar-refractivity contribution in [3.8, 4) is 56.5 Å². The van der Waals surface area contributed by atoms with Crippen LogP contribution in [0.15, 0.2) is 174 Å². The number of nitrogens with zero attached hydrogens (tertiary/aromatic N) is 4. The van der Waals surface area contributed by atoms with Crippen molar-refractivity contribution >= 4 is 43.5 Å². The van der Waals surface area contributed by atoms with Crippen molar-refractivity contribution in [3.05, 3.63) is 170 Å². The lowest BCUT2D eigenvalue weighted by atomic mass is 9.99. The molecule has 0 saturated heterocycles. The number of aromatic nitrogens is 4. The van der Waals surface area contributed by atoms with Crippen molar-refractivity contribution in [1.82, 2.24) is 19.9 Å². The number of benzene rings is 7. The Morgan fingerprint density at radius 1 is 0.392 bits per heavy atom. The monoisotopic (exact) mass is 652 g/mol. The van der Waals surface area contributed by atoms with Crippen molar-refractivity contribution in [3.63, 3.8) is 0 Å². The lowest BCUT2D eigenvalue weighted by molar-refractivity contribution is 0.670. The van der Waals surface area contributed by atoms with Crippen molar-refractivity contribution < 1.29 is 4.42 Å². The molecule has 5 nitrogen and oxygen atoms in total.